The molecule has 0 saturated carbocycles. The Balaban J connectivity index is 2.80. The Morgan fingerprint density at radius 1 is 1.35 bits per heavy atom. The van der Waals surface area contributed by atoms with Gasteiger partial charge in [-0.25, -0.2) is 0 Å². The van der Waals surface area contributed by atoms with Crippen LogP contribution in [-0.2, 0) is 0 Å². The predicted octanol–water partition coefficient (Wildman–Crippen LogP) is 1.98. The second-order valence-corrected chi connectivity index (χ2v) is 5.51. The fraction of sp³-hybridized carbons (Fsp3) is 0.769. The minimum atomic E-state index is -0.144. The molecule has 0 aromatic carbocycles. The van der Waals surface area contributed by atoms with Crippen LogP contribution in [0.15, 0.2) is 0 Å². The molecule has 114 valence electrons. The highest BCUT2D eigenvalue weighted by Crippen LogP contribution is 2.19. The molecule has 0 aliphatic rings. The third-order valence-electron chi connectivity index (χ3n) is 3.12. The number of carbonyl (C=O) groups excluding carboxylic acids is 1. The zero-order valence-corrected chi connectivity index (χ0v) is 13.2. The summed E-state index contributed by atoms with van der Waals surface area (Å²) in [4.78, 5) is 14.2. The summed E-state index contributed by atoms with van der Waals surface area (Å²) in [6.45, 7) is 7.26. The lowest BCUT2D eigenvalue weighted by Gasteiger charge is -2.28. The Bertz CT molecular complexity index is 407. The number of hydrogen-bond acceptors (Lipinski definition) is 6. The highest BCUT2D eigenvalue weighted by Gasteiger charge is 2.24. The van der Waals surface area contributed by atoms with Crippen molar-refractivity contribution in [1.29, 1.82) is 0 Å². The van der Waals surface area contributed by atoms with Crippen LogP contribution in [0.3, 0.4) is 0 Å². The molecule has 0 bridgehead atoms. The second-order valence-electron chi connectivity index (χ2n) is 4.53. The number of anilines is 1. The molecule has 0 aliphatic heterocycles. The monoisotopic (exact) mass is 300 g/mol. The van der Waals surface area contributed by atoms with Crippen molar-refractivity contribution in [2.45, 2.75) is 46.1 Å². The molecule has 7 heteroatoms. The molecule has 0 unspecified atom stereocenters. The Hall–Kier alpha value is -1.21. The van der Waals surface area contributed by atoms with Gasteiger partial charge in [0.2, 0.25) is 10.1 Å². The van der Waals surface area contributed by atoms with Crippen LogP contribution in [0.25, 0.3) is 0 Å². The number of nitrogens with one attached hydrogen (secondary N) is 1. The molecule has 1 rings (SSSR count). The van der Waals surface area contributed by atoms with E-state index in [-0.39, 0.29) is 18.6 Å². The van der Waals surface area contributed by atoms with Gasteiger partial charge in [0, 0.05) is 19.1 Å². The van der Waals surface area contributed by atoms with E-state index in [0.29, 0.717) is 16.7 Å². The van der Waals surface area contributed by atoms with E-state index < -0.39 is 0 Å². The van der Waals surface area contributed by atoms with Gasteiger partial charge in [0.1, 0.15) is 0 Å². The van der Waals surface area contributed by atoms with E-state index in [4.69, 9.17) is 5.11 Å². The molecule has 0 atom stereocenters. The van der Waals surface area contributed by atoms with Crippen LogP contribution in [0.5, 0.6) is 0 Å². The lowest BCUT2D eigenvalue weighted by atomic mass is 10.1. The zero-order chi connectivity index (χ0) is 15.0. The summed E-state index contributed by atoms with van der Waals surface area (Å²) < 4.78 is 0. The van der Waals surface area contributed by atoms with Gasteiger partial charge in [-0.2, -0.15) is 0 Å². The van der Waals surface area contributed by atoms with Crippen LogP contribution in [0.2, 0.25) is 0 Å². The number of aliphatic hydroxyl groups is 1. The number of aliphatic hydroxyl groups excluding tert-OH is 1. The van der Waals surface area contributed by atoms with Crippen molar-refractivity contribution in [2.24, 2.45) is 0 Å². The molecular formula is C13H24N4O2S. The molecule has 0 spiro atoms. The van der Waals surface area contributed by atoms with Gasteiger partial charge >= 0.3 is 0 Å². The van der Waals surface area contributed by atoms with Gasteiger partial charge in [-0.15, -0.1) is 10.2 Å². The summed E-state index contributed by atoms with van der Waals surface area (Å²) in [6.07, 6.45) is 2.72. The second kappa shape index (κ2) is 8.86. The van der Waals surface area contributed by atoms with Crippen molar-refractivity contribution in [3.05, 3.63) is 5.01 Å². The van der Waals surface area contributed by atoms with Crippen molar-refractivity contribution in [2.75, 3.05) is 25.0 Å². The summed E-state index contributed by atoms with van der Waals surface area (Å²) in [7, 11) is 0. The predicted molar refractivity (Wildman–Crippen MR) is 81.2 cm³/mol. The topological polar surface area (TPSA) is 78.4 Å². The number of aromatic nitrogens is 2. The first-order valence-electron chi connectivity index (χ1n) is 7.17. The maximum Gasteiger partial charge on any atom is 0.285 e. The van der Waals surface area contributed by atoms with E-state index in [0.717, 1.165) is 25.8 Å². The van der Waals surface area contributed by atoms with Crippen molar-refractivity contribution in [3.63, 3.8) is 0 Å². The third kappa shape index (κ3) is 4.42. The summed E-state index contributed by atoms with van der Waals surface area (Å²) in [5.41, 5.74) is 0. The van der Waals surface area contributed by atoms with Gasteiger partial charge < -0.3 is 15.3 Å². The van der Waals surface area contributed by atoms with Crippen molar-refractivity contribution in [1.82, 2.24) is 15.1 Å². The lowest BCUT2D eigenvalue weighted by molar-refractivity contribution is 0.0621. The first-order valence-corrected chi connectivity index (χ1v) is 7.98. The molecule has 1 aromatic heterocycles. The van der Waals surface area contributed by atoms with Crippen molar-refractivity contribution < 1.29 is 9.90 Å². The molecule has 0 aliphatic carbocycles. The normalized spacial score (nSPS) is 10.8. The van der Waals surface area contributed by atoms with Crippen molar-refractivity contribution in [3.8, 4) is 0 Å². The van der Waals surface area contributed by atoms with Crippen LogP contribution < -0.4 is 5.32 Å². The van der Waals surface area contributed by atoms with E-state index >= 15 is 0 Å². The van der Waals surface area contributed by atoms with Gasteiger partial charge in [-0.3, -0.25) is 4.79 Å². The van der Waals surface area contributed by atoms with Crippen LogP contribution >= 0.6 is 11.3 Å². The Labute approximate surface area is 124 Å². The minimum Gasteiger partial charge on any atom is -0.395 e. The molecule has 6 nitrogen and oxygen atoms in total. The fourth-order valence-electron chi connectivity index (χ4n) is 2.02. The molecular weight excluding hydrogens is 276 g/mol. The Kier molecular flexibility index (Phi) is 7.46. The Morgan fingerprint density at radius 3 is 2.60 bits per heavy atom. The van der Waals surface area contributed by atoms with E-state index in [9.17, 15) is 4.79 Å². The highest BCUT2D eigenvalue weighted by atomic mass is 32.1. The number of nitrogens with zero attached hydrogens (tertiary/aromatic N) is 3. The van der Waals surface area contributed by atoms with Crippen LogP contribution in [-0.4, -0.2) is 51.8 Å². The first kappa shape index (κ1) is 16.8. The summed E-state index contributed by atoms with van der Waals surface area (Å²) in [5, 5.41) is 21.3. The van der Waals surface area contributed by atoms with Crippen LogP contribution in [0.4, 0.5) is 5.13 Å². The maximum absolute atomic E-state index is 12.5. The van der Waals surface area contributed by atoms with Gasteiger partial charge in [0.05, 0.1) is 6.61 Å². The number of rotatable bonds is 9. The quantitative estimate of drug-likeness (QED) is 0.729. The summed E-state index contributed by atoms with van der Waals surface area (Å²) in [6, 6.07) is 0.130. The van der Waals surface area contributed by atoms with E-state index in [1.807, 2.05) is 13.8 Å². The number of carbonyl (C=O) groups is 1. The SMILES string of the molecule is CCCNc1nnc(C(=O)N(CCO)C(CC)CC)s1. The summed E-state index contributed by atoms with van der Waals surface area (Å²) >= 11 is 1.27. The zero-order valence-electron chi connectivity index (χ0n) is 12.4. The molecule has 2 N–H and O–H groups in total. The van der Waals surface area contributed by atoms with Gasteiger partial charge in [-0.1, -0.05) is 32.1 Å². The largest absolute Gasteiger partial charge is 0.395 e. The van der Waals surface area contributed by atoms with E-state index in [1.54, 1.807) is 4.90 Å². The minimum absolute atomic E-state index is 0.0397. The summed E-state index contributed by atoms with van der Waals surface area (Å²) in [5.74, 6) is -0.144. The molecule has 0 fully saturated rings. The molecule has 1 heterocycles. The Morgan fingerprint density at radius 2 is 2.05 bits per heavy atom. The fourth-order valence-corrected chi connectivity index (χ4v) is 2.75. The van der Waals surface area contributed by atoms with E-state index in [2.05, 4.69) is 22.4 Å². The van der Waals surface area contributed by atoms with E-state index in [1.165, 1.54) is 11.3 Å². The molecule has 0 radical (unpaired) electrons. The smallest absolute Gasteiger partial charge is 0.285 e. The number of amides is 1. The third-order valence-corrected chi connectivity index (χ3v) is 3.99. The lowest BCUT2D eigenvalue weighted by Crippen LogP contribution is -2.41. The average molecular weight is 300 g/mol. The van der Waals surface area contributed by atoms with Crippen molar-refractivity contribution >= 4 is 22.4 Å². The standard InChI is InChI=1S/C13H24N4O2S/c1-4-7-14-13-16-15-11(20-13)12(19)17(8-9-18)10(5-2)6-3/h10,18H,4-9H2,1-3H3,(H,14,16). The van der Waals surface area contributed by atoms with Gasteiger partial charge in [-0.05, 0) is 19.3 Å². The van der Waals surface area contributed by atoms with Gasteiger partial charge in [0.25, 0.3) is 5.91 Å². The van der Waals surface area contributed by atoms with Gasteiger partial charge in [0.15, 0.2) is 0 Å². The molecule has 1 amide bonds. The number of hydrogen-bond donors (Lipinski definition) is 2. The first-order chi connectivity index (χ1) is 9.67. The molecule has 0 saturated heterocycles. The average Bonchev–Trinajstić information content (AvgIpc) is 2.93. The highest BCUT2D eigenvalue weighted by molar-refractivity contribution is 7.17. The maximum atomic E-state index is 12.5. The van der Waals surface area contributed by atoms with Crippen LogP contribution in [0, 0.1) is 0 Å². The molecule has 1 aromatic rings. The van der Waals surface area contributed by atoms with Crippen LogP contribution in [0.1, 0.15) is 49.8 Å². The molecule has 20 heavy (non-hydrogen) atoms.